The normalized spacial score (nSPS) is 10.7. The fraction of sp³-hybridized carbons (Fsp3) is 0.250. The van der Waals surface area contributed by atoms with Crippen LogP contribution in [0, 0.1) is 6.92 Å². The summed E-state index contributed by atoms with van der Waals surface area (Å²) >= 11 is 8.35. The Morgan fingerprint density at radius 3 is 2.89 bits per heavy atom. The number of aromatic nitrogens is 5. The molecule has 3 rings (SSSR count). The largest absolute Gasteiger partial charge is 0.465 e. The number of nitrogens with zero attached hydrogens (tertiary/aromatic N) is 5. The van der Waals surface area contributed by atoms with E-state index >= 15 is 0 Å². The molecule has 9 nitrogen and oxygen atoms in total. The fourth-order valence-corrected chi connectivity index (χ4v) is 3.92. The van der Waals surface area contributed by atoms with Gasteiger partial charge in [-0.15, -0.1) is 15.3 Å². The molecule has 1 aromatic carbocycles. The molecule has 0 aliphatic carbocycles. The minimum absolute atomic E-state index is 0.128. The molecule has 0 spiro atoms. The number of anilines is 1. The molecule has 28 heavy (non-hydrogen) atoms. The number of nitrogens with one attached hydrogen (secondary N) is 1. The highest BCUT2D eigenvalue weighted by Gasteiger charge is 2.19. The first-order chi connectivity index (χ1) is 13.5. The number of ether oxygens (including phenoxy) is 1. The van der Waals surface area contributed by atoms with Crippen LogP contribution in [0.2, 0.25) is 5.02 Å². The summed E-state index contributed by atoms with van der Waals surface area (Å²) in [5, 5.41) is 19.3. The molecule has 12 heteroatoms. The SMILES string of the molecule is CCOC(=O)CSc1nnc(NC(=O)c2nnn(-c3cccc(Cl)c3)c2C)s1. The Labute approximate surface area is 173 Å². The number of esters is 1. The van der Waals surface area contributed by atoms with Gasteiger partial charge in [0.1, 0.15) is 0 Å². The average molecular weight is 439 g/mol. The highest BCUT2D eigenvalue weighted by Crippen LogP contribution is 2.26. The fourth-order valence-electron chi connectivity index (χ4n) is 2.19. The summed E-state index contributed by atoms with van der Waals surface area (Å²) in [6, 6.07) is 7.07. The lowest BCUT2D eigenvalue weighted by atomic mass is 10.3. The number of hydrogen-bond donors (Lipinski definition) is 1. The van der Waals surface area contributed by atoms with Crippen LogP contribution in [0.3, 0.4) is 0 Å². The maximum Gasteiger partial charge on any atom is 0.316 e. The molecule has 2 aromatic heterocycles. The van der Waals surface area contributed by atoms with Crippen LogP contribution in [0.15, 0.2) is 28.6 Å². The lowest BCUT2D eigenvalue weighted by Crippen LogP contribution is -2.14. The first-order valence-corrected chi connectivity index (χ1v) is 10.3. The molecule has 0 bridgehead atoms. The van der Waals surface area contributed by atoms with Crippen molar-refractivity contribution >= 4 is 51.7 Å². The standard InChI is InChI=1S/C16H15ClN6O3S2/c1-3-26-12(24)8-27-16-21-20-15(28-16)18-14(25)13-9(2)23(22-19-13)11-6-4-5-10(17)7-11/h4-7H,3,8H2,1-2H3,(H,18,20,25). The smallest absolute Gasteiger partial charge is 0.316 e. The number of rotatable bonds is 7. The second kappa shape index (κ2) is 9.13. The van der Waals surface area contributed by atoms with Crippen LogP contribution in [0.4, 0.5) is 5.13 Å². The van der Waals surface area contributed by atoms with E-state index in [1.165, 1.54) is 16.4 Å². The van der Waals surface area contributed by atoms with Crippen molar-refractivity contribution < 1.29 is 14.3 Å². The van der Waals surface area contributed by atoms with Crippen molar-refractivity contribution in [1.29, 1.82) is 0 Å². The molecular weight excluding hydrogens is 424 g/mol. The summed E-state index contributed by atoms with van der Waals surface area (Å²) in [4.78, 5) is 23.9. The third-order valence-corrected chi connectivity index (χ3v) is 5.59. The Morgan fingerprint density at radius 2 is 2.14 bits per heavy atom. The highest BCUT2D eigenvalue weighted by molar-refractivity contribution is 8.01. The molecule has 1 N–H and O–H groups in total. The number of carbonyl (C=O) groups is 2. The van der Waals surface area contributed by atoms with Gasteiger partial charge < -0.3 is 4.74 Å². The van der Waals surface area contributed by atoms with E-state index in [0.29, 0.717) is 32.5 Å². The van der Waals surface area contributed by atoms with Crippen LogP contribution in [-0.4, -0.2) is 49.4 Å². The number of benzene rings is 1. The van der Waals surface area contributed by atoms with Crippen LogP contribution in [0.25, 0.3) is 5.69 Å². The molecule has 0 atom stereocenters. The molecule has 0 radical (unpaired) electrons. The third-order valence-electron chi connectivity index (χ3n) is 3.41. The lowest BCUT2D eigenvalue weighted by molar-refractivity contribution is -0.139. The van der Waals surface area contributed by atoms with E-state index in [-0.39, 0.29) is 17.4 Å². The zero-order valence-electron chi connectivity index (χ0n) is 14.9. The van der Waals surface area contributed by atoms with E-state index in [1.54, 1.807) is 32.0 Å². The van der Waals surface area contributed by atoms with Crippen LogP contribution in [-0.2, 0) is 9.53 Å². The van der Waals surface area contributed by atoms with Gasteiger partial charge in [0.15, 0.2) is 10.0 Å². The number of hydrogen-bond acceptors (Lipinski definition) is 9. The maximum absolute atomic E-state index is 12.5. The van der Waals surface area contributed by atoms with Crippen LogP contribution in [0.1, 0.15) is 23.1 Å². The van der Waals surface area contributed by atoms with E-state index in [1.807, 2.05) is 6.07 Å². The van der Waals surface area contributed by atoms with Gasteiger partial charge in [-0.25, -0.2) is 4.68 Å². The van der Waals surface area contributed by atoms with Crippen LogP contribution in [0.5, 0.6) is 0 Å². The maximum atomic E-state index is 12.5. The number of halogens is 1. The average Bonchev–Trinajstić information content (AvgIpc) is 3.26. The second-order valence-electron chi connectivity index (χ2n) is 5.34. The highest BCUT2D eigenvalue weighted by atomic mass is 35.5. The van der Waals surface area contributed by atoms with Gasteiger partial charge in [-0.1, -0.05) is 46.0 Å². The lowest BCUT2D eigenvalue weighted by Gasteiger charge is -2.04. The van der Waals surface area contributed by atoms with E-state index in [2.05, 4.69) is 25.8 Å². The Morgan fingerprint density at radius 1 is 1.32 bits per heavy atom. The summed E-state index contributed by atoms with van der Waals surface area (Å²) in [6.07, 6.45) is 0. The van der Waals surface area contributed by atoms with Crippen molar-refractivity contribution in [1.82, 2.24) is 25.2 Å². The summed E-state index contributed by atoms with van der Waals surface area (Å²) < 4.78 is 6.93. The van der Waals surface area contributed by atoms with Crippen molar-refractivity contribution in [2.45, 2.75) is 18.2 Å². The van der Waals surface area contributed by atoms with Gasteiger partial charge in [0.25, 0.3) is 5.91 Å². The van der Waals surface area contributed by atoms with Crippen molar-refractivity contribution in [2.75, 3.05) is 17.7 Å². The van der Waals surface area contributed by atoms with E-state index in [0.717, 1.165) is 11.3 Å². The van der Waals surface area contributed by atoms with Gasteiger partial charge in [0.2, 0.25) is 5.13 Å². The van der Waals surface area contributed by atoms with Gasteiger partial charge in [-0.2, -0.15) is 0 Å². The second-order valence-corrected chi connectivity index (χ2v) is 7.97. The minimum Gasteiger partial charge on any atom is -0.465 e. The topological polar surface area (TPSA) is 112 Å². The van der Waals surface area contributed by atoms with E-state index < -0.39 is 5.91 Å². The van der Waals surface area contributed by atoms with Crippen molar-refractivity contribution in [2.24, 2.45) is 0 Å². The van der Waals surface area contributed by atoms with Crippen molar-refractivity contribution in [3.8, 4) is 5.69 Å². The molecule has 2 heterocycles. The first kappa shape index (κ1) is 20.2. The van der Waals surface area contributed by atoms with Gasteiger partial charge in [-0.3, -0.25) is 14.9 Å². The van der Waals surface area contributed by atoms with Crippen molar-refractivity contribution in [3.63, 3.8) is 0 Å². The molecule has 0 aliphatic rings. The Hall–Kier alpha value is -2.50. The Kier molecular flexibility index (Phi) is 6.60. The van der Waals surface area contributed by atoms with Crippen LogP contribution < -0.4 is 5.32 Å². The summed E-state index contributed by atoms with van der Waals surface area (Å²) in [5.74, 6) is -0.658. The minimum atomic E-state index is -0.455. The number of carbonyl (C=O) groups excluding carboxylic acids is 2. The molecule has 3 aromatic rings. The molecule has 1 amide bonds. The van der Waals surface area contributed by atoms with Gasteiger partial charge >= 0.3 is 5.97 Å². The summed E-state index contributed by atoms with van der Waals surface area (Å²) in [7, 11) is 0. The summed E-state index contributed by atoms with van der Waals surface area (Å²) in [6.45, 7) is 3.80. The molecule has 0 saturated heterocycles. The van der Waals surface area contributed by atoms with Gasteiger partial charge in [0.05, 0.1) is 23.7 Å². The molecule has 0 unspecified atom stereocenters. The molecular formula is C16H15ClN6O3S2. The van der Waals surface area contributed by atoms with Crippen molar-refractivity contribution in [3.05, 3.63) is 40.7 Å². The molecule has 0 aliphatic heterocycles. The molecule has 0 fully saturated rings. The summed E-state index contributed by atoms with van der Waals surface area (Å²) in [5.41, 5.74) is 1.42. The van der Waals surface area contributed by atoms with E-state index in [4.69, 9.17) is 16.3 Å². The van der Waals surface area contributed by atoms with Crippen LogP contribution >= 0.6 is 34.7 Å². The predicted octanol–water partition coefficient (Wildman–Crippen LogP) is 2.99. The zero-order valence-corrected chi connectivity index (χ0v) is 17.3. The van der Waals surface area contributed by atoms with Gasteiger partial charge in [-0.05, 0) is 32.0 Å². The third kappa shape index (κ3) is 4.86. The monoisotopic (exact) mass is 438 g/mol. The van der Waals surface area contributed by atoms with E-state index in [9.17, 15) is 9.59 Å². The quantitative estimate of drug-likeness (QED) is 0.340. The van der Waals surface area contributed by atoms with Gasteiger partial charge in [0, 0.05) is 5.02 Å². The zero-order chi connectivity index (χ0) is 20.1. The Balaban J connectivity index is 1.67. The Bertz CT molecular complexity index is 1010. The molecule has 146 valence electrons. The first-order valence-electron chi connectivity index (χ1n) is 8.09. The predicted molar refractivity (Wildman–Crippen MR) is 106 cm³/mol. The number of thioether (sulfide) groups is 1. The molecule has 0 saturated carbocycles. The number of amides is 1.